The molecule has 2 aromatic rings. The standard InChI is InChI=1S/C30H42O5/c1-5-7-8-9-10-11-12-13-14-21-33-28-20-15-25(22-29(28)32-4)30(31)35-27-18-16-26(17-19-27)34-23-24(3)6-2/h5,15-20,22,24H,1,6-14,21,23H2,2-4H3/t24-/m0/s1. The van der Waals surface area contributed by atoms with Crippen LogP contribution in [-0.4, -0.2) is 26.3 Å². The highest BCUT2D eigenvalue weighted by Crippen LogP contribution is 2.29. The van der Waals surface area contributed by atoms with Crippen molar-refractivity contribution in [2.75, 3.05) is 20.3 Å². The Labute approximate surface area is 211 Å². The average molecular weight is 483 g/mol. The van der Waals surface area contributed by atoms with Gasteiger partial charge in [-0.25, -0.2) is 4.79 Å². The van der Waals surface area contributed by atoms with Crippen molar-refractivity contribution in [3.05, 3.63) is 60.7 Å². The first-order chi connectivity index (χ1) is 17.1. The summed E-state index contributed by atoms with van der Waals surface area (Å²) in [5, 5.41) is 0. The monoisotopic (exact) mass is 482 g/mol. The minimum absolute atomic E-state index is 0.405. The van der Waals surface area contributed by atoms with Gasteiger partial charge in [-0.1, -0.05) is 58.4 Å². The van der Waals surface area contributed by atoms with E-state index in [9.17, 15) is 4.79 Å². The molecule has 0 radical (unpaired) electrons. The lowest BCUT2D eigenvalue weighted by atomic mass is 10.1. The van der Waals surface area contributed by atoms with Crippen LogP contribution in [0.2, 0.25) is 0 Å². The van der Waals surface area contributed by atoms with Crippen molar-refractivity contribution >= 4 is 5.97 Å². The smallest absolute Gasteiger partial charge is 0.343 e. The van der Waals surface area contributed by atoms with E-state index in [0.29, 0.717) is 41.9 Å². The van der Waals surface area contributed by atoms with Crippen molar-refractivity contribution in [3.63, 3.8) is 0 Å². The summed E-state index contributed by atoms with van der Waals surface area (Å²) in [7, 11) is 1.57. The Bertz CT molecular complexity index is 875. The zero-order chi connectivity index (χ0) is 25.3. The molecule has 0 aliphatic rings. The van der Waals surface area contributed by atoms with Crippen molar-refractivity contribution in [1.29, 1.82) is 0 Å². The van der Waals surface area contributed by atoms with Crippen molar-refractivity contribution in [3.8, 4) is 23.0 Å². The maximum atomic E-state index is 12.6. The van der Waals surface area contributed by atoms with Gasteiger partial charge >= 0.3 is 5.97 Å². The highest BCUT2D eigenvalue weighted by Gasteiger charge is 2.14. The van der Waals surface area contributed by atoms with Gasteiger partial charge in [-0.2, -0.15) is 0 Å². The van der Waals surface area contributed by atoms with Gasteiger partial charge in [-0.15, -0.1) is 6.58 Å². The molecule has 35 heavy (non-hydrogen) atoms. The lowest BCUT2D eigenvalue weighted by Gasteiger charge is -2.13. The van der Waals surface area contributed by atoms with E-state index >= 15 is 0 Å². The van der Waals surface area contributed by atoms with Gasteiger partial charge in [0.15, 0.2) is 11.5 Å². The van der Waals surface area contributed by atoms with Crippen molar-refractivity contribution < 1.29 is 23.7 Å². The topological polar surface area (TPSA) is 54.0 Å². The molecular weight excluding hydrogens is 440 g/mol. The van der Waals surface area contributed by atoms with Gasteiger partial charge in [0.25, 0.3) is 0 Å². The lowest BCUT2D eigenvalue weighted by Crippen LogP contribution is -2.09. The third-order valence-electron chi connectivity index (χ3n) is 5.98. The number of unbranched alkanes of at least 4 members (excludes halogenated alkanes) is 7. The number of hydrogen-bond donors (Lipinski definition) is 0. The van der Waals surface area contributed by atoms with Gasteiger partial charge in [-0.05, 0) is 67.6 Å². The van der Waals surface area contributed by atoms with Gasteiger partial charge in [-0.3, -0.25) is 0 Å². The number of benzene rings is 2. The second-order valence-electron chi connectivity index (χ2n) is 8.95. The summed E-state index contributed by atoms with van der Waals surface area (Å²) in [6, 6.07) is 12.2. The molecule has 5 heteroatoms. The van der Waals surface area contributed by atoms with Crippen LogP contribution in [0.25, 0.3) is 0 Å². The Morgan fingerprint density at radius 3 is 2.20 bits per heavy atom. The Morgan fingerprint density at radius 1 is 0.886 bits per heavy atom. The summed E-state index contributed by atoms with van der Waals surface area (Å²) in [6.07, 6.45) is 12.6. The van der Waals surface area contributed by atoms with Crippen LogP contribution in [0.4, 0.5) is 0 Å². The summed E-state index contributed by atoms with van der Waals surface area (Å²) in [6.45, 7) is 9.34. The predicted octanol–water partition coefficient (Wildman–Crippen LogP) is 8.02. The number of hydrogen-bond acceptors (Lipinski definition) is 5. The summed E-state index contributed by atoms with van der Waals surface area (Å²) < 4.78 is 22.6. The summed E-state index contributed by atoms with van der Waals surface area (Å²) in [4.78, 5) is 12.6. The number of methoxy groups -OCH3 is 1. The lowest BCUT2D eigenvalue weighted by molar-refractivity contribution is 0.0734. The first-order valence-corrected chi connectivity index (χ1v) is 12.9. The second-order valence-corrected chi connectivity index (χ2v) is 8.95. The largest absolute Gasteiger partial charge is 0.493 e. The van der Waals surface area contributed by atoms with Crippen LogP contribution in [0.1, 0.15) is 82.0 Å². The van der Waals surface area contributed by atoms with Crippen molar-refractivity contribution in [2.45, 2.75) is 71.6 Å². The number of rotatable bonds is 18. The minimum atomic E-state index is -0.448. The molecule has 0 saturated carbocycles. The molecule has 0 amide bonds. The highest BCUT2D eigenvalue weighted by molar-refractivity contribution is 5.91. The molecule has 0 aliphatic heterocycles. The molecule has 0 fully saturated rings. The molecule has 0 heterocycles. The number of esters is 1. The quantitative estimate of drug-likeness (QED) is 0.0931. The first-order valence-electron chi connectivity index (χ1n) is 12.9. The normalized spacial score (nSPS) is 11.5. The van der Waals surface area contributed by atoms with E-state index in [1.165, 1.54) is 32.1 Å². The molecule has 2 aromatic carbocycles. The van der Waals surface area contributed by atoms with Crippen LogP contribution >= 0.6 is 0 Å². The van der Waals surface area contributed by atoms with E-state index in [2.05, 4.69) is 20.4 Å². The van der Waals surface area contributed by atoms with E-state index in [0.717, 1.165) is 31.4 Å². The first kappa shape index (κ1) is 28.3. The molecular formula is C30H42O5. The number of carbonyl (C=O) groups is 1. The number of ether oxygens (including phenoxy) is 4. The maximum Gasteiger partial charge on any atom is 0.343 e. The summed E-state index contributed by atoms with van der Waals surface area (Å²) in [5.74, 6) is 2.43. The van der Waals surface area contributed by atoms with Crippen LogP contribution in [0.3, 0.4) is 0 Å². The average Bonchev–Trinajstić information content (AvgIpc) is 2.89. The van der Waals surface area contributed by atoms with Crippen molar-refractivity contribution in [1.82, 2.24) is 0 Å². The van der Waals surface area contributed by atoms with E-state index in [-0.39, 0.29) is 0 Å². The Hall–Kier alpha value is -2.95. The van der Waals surface area contributed by atoms with E-state index in [4.69, 9.17) is 18.9 Å². The zero-order valence-electron chi connectivity index (χ0n) is 21.7. The SMILES string of the molecule is C=CCCCCCCCCCOc1ccc(C(=O)Oc2ccc(OC[C@@H](C)CC)cc2)cc1OC. The molecule has 5 nitrogen and oxygen atoms in total. The Kier molecular flexibility index (Phi) is 13.4. The fourth-order valence-corrected chi connectivity index (χ4v) is 3.50. The molecule has 0 aliphatic carbocycles. The van der Waals surface area contributed by atoms with Gasteiger partial charge in [0, 0.05) is 0 Å². The van der Waals surface area contributed by atoms with Gasteiger partial charge in [0.1, 0.15) is 11.5 Å². The second kappa shape index (κ2) is 16.6. The van der Waals surface area contributed by atoms with Gasteiger partial charge < -0.3 is 18.9 Å². The molecule has 0 aromatic heterocycles. The summed E-state index contributed by atoms with van der Waals surface area (Å²) >= 11 is 0. The zero-order valence-corrected chi connectivity index (χ0v) is 21.7. The number of carbonyl (C=O) groups excluding carboxylic acids is 1. The van der Waals surface area contributed by atoms with Crippen LogP contribution in [-0.2, 0) is 0 Å². The molecule has 0 spiro atoms. The van der Waals surface area contributed by atoms with E-state index in [1.807, 2.05) is 18.2 Å². The minimum Gasteiger partial charge on any atom is -0.493 e. The third kappa shape index (κ3) is 10.9. The molecule has 2 rings (SSSR count). The Morgan fingerprint density at radius 2 is 1.54 bits per heavy atom. The fraction of sp³-hybridized carbons (Fsp3) is 0.500. The van der Waals surface area contributed by atoms with Crippen molar-refractivity contribution in [2.24, 2.45) is 5.92 Å². The van der Waals surface area contributed by atoms with Crippen LogP contribution in [0.15, 0.2) is 55.1 Å². The van der Waals surface area contributed by atoms with Gasteiger partial charge in [0.05, 0.1) is 25.9 Å². The highest BCUT2D eigenvalue weighted by atomic mass is 16.5. The van der Waals surface area contributed by atoms with E-state index < -0.39 is 5.97 Å². The summed E-state index contributed by atoms with van der Waals surface area (Å²) in [5.41, 5.74) is 0.405. The van der Waals surface area contributed by atoms with Crippen LogP contribution in [0, 0.1) is 5.92 Å². The molecule has 0 unspecified atom stereocenters. The maximum absolute atomic E-state index is 12.6. The van der Waals surface area contributed by atoms with Crippen LogP contribution in [0.5, 0.6) is 23.0 Å². The molecule has 1 atom stereocenters. The van der Waals surface area contributed by atoms with Crippen LogP contribution < -0.4 is 18.9 Å². The van der Waals surface area contributed by atoms with Gasteiger partial charge in [0.2, 0.25) is 0 Å². The number of allylic oxidation sites excluding steroid dienone is 1. The molecule has 192 valence electrons. The molecule has 0 bridgehead atoms. The fourth-order valence-electron chi connectivity index (χ4n) is 3.50. The predicted molar refractivity (Wildman–Crippen MR) is 142 cm³/mol. The Balaban J connectivity index is 1.77. The third-order valence-corrected chi connectivity index (χ3v) is 5.98. The van der Waals surface area contributed by atoms with E-state index in [1.54, 1.807) is 37.4 Å². The molecule has 0 saturated heterocycles. The molecule has 0 N–H and O–H groups in total.